The van der Waals surface area contributed by atoms with Crippen LogP contribution < -0.4 is 0 Å². The van der Waals surface area contributed by atoms with Crippen molar-refractivity contribution in [3.63, 3.8) is 0 Å². The van der Waals surface area contributed by atoms with Crippen molar-refractivity contribution in [2.75, 3.05) is 0 Å². The van der Waals surface area contributed by atoms with E-state index < -0.39 is 9.85 Å². The fraction of sp³-hybridized carbons (Fsp3) is 0.231. The molecule has 0 aromatic heterocycles. The van der Waals surface area contributed by atoms with E-state index in [1.54, 1.807) is 6.07 Å². The molecule has 3 unspecified atom stereocenters. The van der Waals surface area contributed by atoms with Gasteiger partial charge in [0.1, 0.15) is 0 Å². The van der Waals surface area contributed by atoms with Crippen LogP contribution in [0.5, 0.6) is 0 Å². The normalized spacial score (nSPS) is 26.3. The summed E-state index contributed by atoms with van der Waals surface area (Å²) in [5.74, 6) is 2.05. The van der Waals surface area contributed by atoms with E-state index in [9.17, 15) is 20.2 Å². The Morgan fingerprint density at radius 1 is 0.848 bits per heavy atom. The summed E-state index contributed by atoms with van der Waals surface area (Å²) >= 11 is 1.54. The zero-order chi connectivity index (χ0) is 22.7. The van der Waals surface area contributed by atoms with Gasteiger partial charge in [-0.05, 0) is 52.9 Å². The van der Waals surface area contributed by atoms with Crippen LogP contribution in [0.3, 0.4) is 0 Å². The molecule has 3 aromatic carbocycles. The molecule has 0 radical (unpaired) electrons. The number of hydrogen-bond acceptors (Lipinski definition) is 5. The van der Waals surface area contributed by atoms with Crippen molar-refractivity contribution in [1.29, 1.82) is 0 Å². The van der Waals surface area contributed by atoms with Gasteiger partial charge in [-0.25, -0.2) is 0 Å². The fourth-order valence-corrected chi connectivity index (χ4v) is 7.71. The zero-order valence-electron chi connectivity index (χ0n) is 17.5. The minimum Gasteiger partial charge on any atom is -0.258 e. The summed E-state index contributed by atoms with van der Waals surface area (Å²) in [4.78, 5) is 22.2. The number of rotatable bonds is 6. The van der Waals surface area contributed by atoms with Gasteiger partial charge in [0.25, 0.3) is 11.4 Å². The van der Waals surface area contributed by atoms with E-state index in [1.807, 2.05) is 12.1 Å². The molecule has 4 bridgehead atoms. The molecule has 6 nitrogen and oxygen atoms in total. The molecule has 0 aliphatic heterocycles. The number of benzene rings is 3. The highest BCUT2D eigenvalue weighted by Gasteiger charge is 2.72. The van der Waals surface area contributed by atoms with E-state index >= 15 is 0 Å². The number of nitrogens with zero attached hydrogens (tertiary/aromatic N) is 2. The molecule has 0 amide bonds. The van der Waals surface area contributed by atoms with Crippen LogP contribution in [0.2, 0.25) is 0 Å². The highest BCUT2D eigenvalue weighted by Crippen LogP contribution is 2.77. The Morgan fingerprint density at radius 2 is 1.48 bits per heavy atom. The lowest BCUT2D eigenvalue weighted by Crippen LogP contribution is -2.10. The van der Waals surface area contributed by atoms with Crippen molar-refractivity contribution in [2.24, 2.45) is 23.7 Å². The first-order chi connectivity index (χ1) is 16.0. The van der Waals surface area contributed by atoms with E-state index in [0.717, 1.165) is 12.5 Å². The molecule has 3 aromatic rings. The minimum absolute atomic E-state index is 0.174. The third-order valence-electron chi connectivity index (χ3n) is 7.32. The first-order valence-electron chi connectivity index (χ1n) is 11.0. The smallest absolute Gasteiger partial charge is 0.258 e. The van der Waals surface area contributed by atoms with Gasteiger partial charge in [0.15, 0.2) is 0 Å². The molecule has 4 fully saturated rings. The van der Waals surface area contributed by atoms with Gasteiger partial charge in [0, 0.05) is 11.3 Å². The highest BCUT2D eigenvalue weighted by atomic mass is 32.2. The number of non-ortho nitro benzene ring substituents is 1. The monoisotopic (exact) mass is 456 g/mol. The second-order valence-electron chi connectivity index (χ2n) is 8.92. The lowest BCUT2D eigenvalue weighted by atomic mass is 9.89. The maximum absolute atomic E-state index is 11.7. The van der Waals surface area contributed by atoms with E-state index in [2.05, 4.69) is 48.5 Å². The molecular weight excluding hydrogens is 436 g/mol. The predicted molar refractivity (Wildman–Crippen MR) is 127 cm³/mol. The molecule has 0 saturated heterocycles. The maximum Gasteiger partial charge on any atom is 0.289 e. The van der Waals surface area contributed by atoms with Crippen LogP contribution in [0.15, 0.2) is 89.3 Å². The average molecular weight is 457 g/mol. The minimum atomic E-state index is -0.586. The molecule has 7 rings (SSSR count). The predicted octanol–water partition coefficient (Wildman–Crippen LogP) is 6.36. The van der Waals surface area contributed by atoms with Crippen molar-refractivity contribution >= 4 is 28.7 Å². The first-order valence-corrected chi connectivity index (χ1v) is 11.9. The van der Waals surface area contributed by atoms with Crippen LogP contribution in [0.4, 0.5) is 11.4 Å². The summed E-state index contributed by atoms with van der Waals surface area (Å²) in [5, 5.41) is 23.0. The Labute approximate surface area is 194 Å². The maximum atomic E-state index is 11.7. The van der Waals surface area contributed by atoms with Gasteiger partial charge in [-0.1, -0.05) is 66.2 Å². The quantitative estimate of drug-likeness (QED) is 0.318. The average Bonchev–Trinajstić information content (AvgIpc) is 3.07. The first kappa shape index (κ1) is 20.2. The van der Waals surface area contributed by atoms with Crippen LogP contribution in [0.25, 0.3) is 5.57 Å². The summed E-state index contributed by atoms with van der Waals surface area (Å²) in [7, 11) is 0. The molecule has 164 valence electrons. The van der Waals surface area contributed by atoms with E-state index in [1.165, 1.54) is 40.1 Å². The van der Waals surface area contributed by atoms with Crippen molar-refractivity contribution in [2.45, 2.75) is 16.6 Å². The second kappa shape index (κ2) is 7.56. The third kappa shape index (κ3) is 3.18. The Kier molecular flexibility index (Phi) is 4.62. The molecule has 0 heterocycles. The van der Waals surface area contributed by atoms with Gasteiger partial charge < -0.3 is 0 Å². The zero-order valence-corrected chi connectivity index (χ0v) is 18.4. The van der Waals surface area contributed by atoms with Gasteiger partial charge in [-0.3, -0.25) is 20.2 Å². The largest absolute Gasteiger partial charge is 0.289 e. The van der Waals surface area contributed by atoms with Gasteiger partial charge in [0.05, 0.1) is 20.8 Å². The van der Waals surface area contributed by atoms with Crippen LogP contribution in [0.1, 0.15) is 17.5 Å². The van der Waals surface area contributed by atoms with Crippen LogP contribution in [-0.2, 0) is 0 Å². The Hall–Kier alpha value is -3.45. The Balaban J connectivity index is 1.41. The van der Waals surface area contributed by atoms with Crippen molar-refractivity contribution < 1.29 is 9.85 Å². The standard InChI is InChI=1S/C26H20N2O4S/c29-27(30)17-11-12-21(20(13-17)28(31)32)33-26-19-14-18-23(25(18)26)24(19)22(15-7-3-1-4-8-15)16-9-5-2-6-10-16/h1-13,18-19,23,25-26H,14H2/t18-,19+,23?,25?,26?/m0/s1. The fourth-order valence-electron chi connectivity index (χ4n) is 6.07. The topological polar surface area (TPSA) is 86.3 Å². The SMILES string of the molecule is O=[N+]([O-])c1ccc(SC2C3C4C(=C(c5ccccc5)c5ccccc5)[C@H]2C[C@@H]43)c([N+](=O)[O-])c1. The van der Waals surface area contributed by atoms with Crippen molar-refractivity contribution in [3.8, 4) is 0 Å². The van der Waals surface area contributed by atoms with Gasteiger partial charge in [-0.15, -0.1) is 11.8 Å². The van der Waals surface area contributed by atoms with Gasteiger partial charge >= 0.3 is 0 Å². The van der Waals surface area contributed by atoms with Crippen LogP contribution >= 0.6 is 11.8 Å². The number of nitro groups is 2. The summed E-state index contributed by atoms with van der Waals surface area (Å²) < 4.78 is 0. The lowest BCUT2D eigenvalue weighted by Gasteiger charge is -2.19. The van der Waals surface area contributed by atoms with E-state index in [4.69, 9.17) is 0 Å². The molecule has 0 N–H and O–H groups in total. The molecule has 4 aliphatic carbocycles. The van der Waals surface area contributed by atoms with Gasteiger partial charge in [0.2, 0.25) is 0 Å². The number of thioether (sulfide) groups is 1. The molecule has 4 aliphatic rings. The summed E-state index contributed by atoms with van der Waals surface area (Å²) in [6.07, 6.45) is 1.12. The van der Waals surface area contributed by atoms with Crippen molar-refractivity contribution in [1.82, 2.24) is 0 Å². The van der Waals surface area contributed by atoms with E-state index in [-0.39, 0.29) is 16.6 Å². The second-order valence-corrected chi connectivity index (χ2v) is 10.1. The van der Waals surface area contributed by atoms with Gasteiger partial charge in [-0.2, -0.15) is 0 Å². The lowest BCUT2D eigenvalue weighted by molar-refractivity contribution is -0.396. The Morgan fingerprint density at radius 3 is 2.03 bits per heavy atom. The number of allylic oxidation sites excluding steroid dienone is 1. The number of nitro benzene ring substituents is 2. The molecule has 4 saturated carbocycles. The van der Waals surface area contributed by atoms with Crippen LogP contribution in [-0.4, -0.2) is 15.1 Å². The summed E-state index contributed by atoms with van der Waals surface area (Å²) in [6.45, 7) is 0. The molecule has 7 heteroatoms. The summed E-state index contributed by atoms with van der Waals surface area (Å²) in [6, 6.07) is 24.9. The molecule has 0 spiro atoms. The van der Waals surface area contributed by atoms with Crippen molar-refractivity contribution in [3.05, 3.63) is 116 Å². The summed E-state index contributed by atoms with van der Waals surface area (Å²) in [5.41, 5.74) is 4.79. The number of hydrogen-bond donors (Lipinski definition) is 0. The van der Waals surface area contributed by atoms with E-state index in [0.29, 0.717) is 28.6 Å². The molecule has 5 atom stereocenters. The highest BCUT2D eigenvalue weighted by molar-refractivity contribution is 8.00. The molecular formula is C26H20N2O4S. The third-order valence-corrected chi connectivity index (χ3v) is 8.83. The molecule has 33 heavy (non-hydrogen) atoms. The Bertz CT molecular complexity index is 1270. The van der Waals surface area contributed by atoms with Crippen LogP contribution in [0, 0.1) is 43.9 Å².